The highest BCUT2D eigenvalue weighted by atomic mass is 16.2. The Bertz CT molecular complexity index is 547. The summed E-state index contributed by atoms with van der Waals surface area (Å²) < 4.78 is 0. The van der Waals surface area contributed by atoms with E-state index in [1.54, 1.807) is 7.05 Å². The first-order chi connectivity index (χ1) is 12.2. The molecule has 5 nitrogen and oxygen atoms in total. The maximum absolute atomic E-state index is 12.5. The van der Waals surface area contributed by atoms with Crippen molar-refractivity contribution in [2.75, 3.05) is 26.7 Å². The van der Waals surface area contributed by atoms with Crippen LogP contribution in [0.1, 0.15) is 61.4 Å². The zero-order valence-electron chi connectivity index (χ0n) is 15.7. The molecule has 1 saturated heterocycles. The van der Waals surface area contributed by atoms with E-state index in [1.165, 1.54) is 19.3 Å². The summed E-state index contributed by atoms with van der Waals surface area (Å²) >= 11 is 0. The zero-order chi connectivity index (χ0) is 17.9. The molecule has 2 N–H and O–H groups in total. The third kappa shape index (κ3) is 6.40. The van der Waals surface area contributed by atoms with Gasteiger partial charge in [0.1, 0.15) is 0 Å². The Kier molecular flexibility index (Phi) is 8.29. The normalized spacial score (nSPS) is 15.1. The van der Waals surface area contributed by atoms with Crippen molar-refractivity contribution in [3.8, 4) is 0 Å². The average molecular weight is 345 g/mol. The molecule has 0 bridgehead atoms. The molecule has 0 saturated carbocycles. The number of piperidine rings is 1. The van der Waals surface area contributed by atoms with E-state index in [4.69, 9.17) is 0 Å². The Balaban J connectivity index is 1.80. The van der Waals surface area contributed by atoms with E-state index in [2.05, 4.69) is 22.5 Å². The van der Waals surface area contributed by atoms with Crippen molar-refractivity contribution in [1.82, 2.24) is 15.5 Å². The zero-order valence-corrected chi connectivity index (χ0v) is 15.7. The molecule has 1 aliphatic heterocycles. The molecule has 25 heavy (non-hydrogen) atoms. The summed E-state index contributed by atoms with van der Waals surface area (Å²) in [4.78, 5) is 18.7. The summed E-state index contributed by atoms with van der Waals surface area (Å²) in [5, 5.41) is 6.64. The van der Waals surface area contributed by atoms with Gasteiger partial charge in [-0.2, -0.15) is 0 Å². The number of hydrogen-bond acceptors (Lipinski definition) is 2. The van der Waals surface area contributed by atoms with Crippen LogP contribution in [0.4, 0.5) is 0 Å². The monoisotopic (exact) mass is 344 g/mol. The van der Waals surface area contributed by atoms with Crippen molar-refractivity contribution in [3.63, 3.8) is 0 Å². The number of aliphatic imine (C=N–C) groups is 1. The average Bonchev–Trinajstić information content (AvgIpc) is 2.68. The molecule has 1 heterocycles. The quantitative estimate of drug-likeness (QED) is 0.454. The third-order valence-electron chi connectivity index (χ3n) is 4.60. The SMILES string of the molecule is CCCCCNC(=NC)NCc1ccc(C(=O)N2CCCCC2)cc1. The largest absolute Gasteiger partial charge is 0.356 e. The van der Waals surface area contributed by atoms with Gasteiger partial charge in [0.25, 0.3) is 5.91 Å². The number of nitrogens with zero attached hydrogens (tertiary/aromatic N) is 2. The van der Waals surface area contributed by atoms with Crippen LogP contribution < -0.4 is 10.6 Å². The molecule has 1 fully saturated rings. The van der Waals surface area contributed by atoms with Crippen LogP contribution in [0.3, 0.4) is 0 Å². The van der Waals surface area contributed by atoms with Gasteiger partial charge in [0.05, 0.1) is 0 Å². The first-order valence-electron chi connectivity index (χ1n) is 9.57. The highest BCUT2D eigenvalue weighted by molar-refractivity contribution is 5.94. The van der Waals surface area contributed by atoms with Gasteiger partial charge < -0.3 is 15.5 Å². The lowest BCUT2D eigenvalue weighted by molar-refractivity contribution is 0.0724. The molecule has 1 amide bonds. The van der Waals surface area contributed by atoms with Crippen LogP contribution in [0, 0.1) is 0 Å². The third-order valence-corrected chi connectivity index (χ3v) is 4.60. The number of amides is 1. The number of nitrogens with one attached hydrogen (secondary N) is 2. The molecule has 1 aromatic rings. The number of carbonyl (C=O) groups excluding carboxylic acids is 1. The fourth-order valence-corrected chi connectivity index (χ4v) is 3.03. The molecular weight excluding hydrogens is 312 g/mol. The minimum atomic E-state index is 0.160. The Hall–Kier alpha value is -2.04. The molecule has 0 radical (unpaired) electrons. The highest BCUT2D eigenvalue weighted by Gasteiger charge is 2.17. The van der Waals surface area contributed by atoms with Crippen molar-refractivity contribution in [2.45, 2.75) is 52.0 Å². The summed E-state index contributed by atoms with van der Waals surface area (Å²) in [5.74, 6) is 0.984. The molecule has 5 heteroatoms. The topological polar surface area (TPSA) is 56.7 Å². The van der Waals surface area contributed by atoms with Gasteiger partial charge in [0.15, 0.2) is 5.96 Å². The van der Waals surface area contributed by atoms with Crippen LogP contribution in [0.2, 0.25) is 0 Å². The molecule has 1 aromatic carbocycles. The lowest BCUT2D eigenvalue weighted by Gasteiger charge is -2.26. The van der Waals surface area contributed by atoms with E-state index >= 15 is 0 Å². The number of hydrogen-bond donors (Lipinski definition) is 2. The molecule has 0 spiro atoms. The Labute approximate surface area is 151 Å². The van der Waals surface area contributed by atoms with Crippen LogP contribution in [-0.2, 0) is 6.54 Å². The van der Waals surface area contributed by atoms with E-state index in [0.29, 0.717) is 6.54 Å². The van der Waals surface area contributed by atoms with Gasteiger partial charge in [-0.05, 0) is 43.4 Å². The smallest absolute Gasteiger partial charge is 0.253 e. The number of unbranched alkanes of at least 4 members (excludes halogenated alkanes) is 2. The van der Waals surface area contributed by atoms with E-state index in [0.717, 1.165) is 56.0 Å². The van der Waals surface area contributed by atoms with E-state index in [-0.39, 0.29) is 5.91 Å². The van der Waals surface area contributed by atoms with Crippen LogP contribution in [0.25, 0.3) is 0 Å². The van der Waals surface area contributed by atoms with Gasteiger partial charge in [-0.25, -0.2) is 0 Å². The fraction of sp³-hybridized carbons (Fsp3) is 0.600. The summed E-state index contributed by atoms with van der Waals surface area (Å²) in [5.41, 5.74) is 1.93. The second kappa shape index (κ2) is 10.7. The Morgan fingerprint density at radius 2 is 1.80 bits per heavy atom. The second-order valence-electron chi connectivity index (χ2n) is 6.61. The minimum Gasteiger partial charge on any atom is -0.356 e. The van der Waals surface area contributed by atoms with Crippen LogP contribution in [0.15, 0.2) is 29.3 Å². The molecule has 0 aliphatic carbocycles. The molecule has 0 unspecified atom stereocenters. The predicted molar refractivity (Wildman–Crippen MR) is 104 cm³/mol. The summed E-state index contributed by atoms with van der Waals surface area (Å²) in [6, 6.07) is 7.92. The van der Waals surface area contributed by atoms with Crippen molar-refractivity contribution < 1.29 is 4.79 Å². The molecule has 2 rings (SSSR count). The van der Waals surface area contributed by atoms with Gasteiger partial charge in [-0.3, -0.25) is 9.79 Å². The number of carbonyl (C=O) groups is 1. The minimum absolute atomic E-state index is 0.160. The fourth-order valence-electron chi connectivity index (χ4n) is 3.03. The van der Waals surface area contributed by atoms with Crippen molar-refractivity contribution in [1.29, 1.82) is 0 Å². The Morgan fingerprint density at radius 1 is 1.08 bits per heavy atom. The molecular formula is C20H32N4O. The summed E-state index contributed by atoms with van der Waals surface area (Å²) in [6.07, 6.45) is 7.09. The molecule has 1 aliphatic rings. The van der Waals surface area contributed by atoms with Gasteiger partial charge >= 0.3 is 0 Å². The molecule has 138 valence electrons. The van der Waals surface area contributed by atoms with Gasteiger partial charge in [-0.15, -0.1) is 0 Å². The Morgan fingerprint density at radius 3 is 2.44 bits per heavy atom. The highest BCUT2D eigenvalue weighted by Crippen LogP contribution is 2.13. The summed E-state index contributed by atoms with van der Waals surface area (Å²) in [7, 11) is 1.79. The lowest BCUT2D eigenvalue weighted by atomic mass is 10.1. The maximum Gasteiger partial charge on any atom is 0.253 e. The van der Waals surface area contributed by atoms with Crippen LogP contribution in [0.5, 0.6) is 0 Å². The number of guanidine groups is 1. The van der Waals surface area contributed by atoms with E-state index < -0.39 is 0 Å². The number of likely N-dealkylation sites (tertiary alicyclic amines) is 1. The van der Waals surface area contributed by atoms with Crippen LogP contribution >= 0.6 is 0 Å². The van der Waals surface area contributed by atoms with Gasteiger partial charge in [-0.1, -0.05) is 31.9 Å². The summed E-state index contributed by atoms with van der Waals surface area (Å²) in [6.45, 7) is 5.62. The lowest BCUT2D eigenvalue weighted by Crippen LogP contribution is -2.37. The maximum atomic E-state index is 12.5. The second-order valence-corrected chi connectivity index (χ2v) is 6.61. The number of benzene rings is 1. The van der Waals surface area contributed by atoms with E-state index in [1.807, 2.05) is 29.2 Å². The van der Waals surface area contributed by atoms with Crippen molar-refractivity contribution in [3.05, 3.63) is 35.4 Å². The van der Waals surface area contributed by atoms with Crippen LogP contribution in [-0.4, -0.2) is 43.4 Å². The van der Waals surface area contributed by atoms with Crippen molar-refractivity contribution in [2.24, 2.45) is 4.99 Å². The van der Waals surface area contributed by atoms with Gasteiger partial charge in [0, 0.05) is 38.8 Å². The first-order valence-corrected chi connectivity index (χ1v) is 9.57. The molecule has 0 atom stereocenters. The predicted octanol–water partition coefficient (Wildman–Crippen LogP) is 3.17. The van der Waals surface area contributed by atoms with Gasteiger partial charge in [0.2, 0.25) is 0 Å². The standard InChI is InChI=1S/C20H32N4O/c1-3-4-6-13-22-20(21-2)23-16-17-9-11-18(12-10-17)19(25)24-14-7-5-8-15-24/h9-12H,3-8,13-16H2,1-2H3,(H2,21,22,23). The molecule has 0 aromatic heterocycles. The van der Waals surface area contributed by atoms with Crippen molar-refractivity contribution >= 4 is 11.9 Å². The first kappa shape index (κ1) is 19.3. The number of rotatable bonds is 7. The van der Waals surface area contributed by atoms with E-state index in [9.17, 15) is 4.79 Å².